The van der Waals surface area contributed by atoms with Crippen molar-refractivity contribution in [3.05, 3.63) is 41.7 Å². The number of tetrazole rings is 1. The summed E-state index contributed by atoms with van der Waals surface area (Å²) in [6.07, 6.45) is 0.792. The predicted octanol–water partition coefficient (Wildman–Crippen LogP) is 1.92. The van der Waals surface area contributed by atoms with Gasteiger partial charge in [-0.3, -0.25) is 0 Å². The third-order valence-corrected chi connectivity index (χ3v) is 2.35. The summed E-state index contributed by atoms with van der Waals surface area (Å²) in [5.74, 6) is 1.48. The summed E-state index contributed by atoms with van der Waals surface area (Å²) in [6, 6.07) is 10.3. The molecule has 4 heteroatoms. The molecular formula is C12H16N4. The summed E-state index contributed by atoms with van der Waals surface area (Å²) in [6.45, 7) is 5.19. The summed E-state index contributed by atoms with van der Waals surface area (Å²) in [5, 5.41) is 11.8. The fraction of sp³-hybridized carbons (Fsp3) is 0.417. The van der Waals surface area contributed by atoms with E-state index in [-0.39, 0.29) is 0 Å². The highest BCUT2D eigenvalue weighted by Gasteiger charge is 2.07. The molecule has 0 unspecified atom stereocenters. The van der Waals surface area contributed by atoms with Gasteiger partial charge in [-0.05, 0) is 21.9 Å². The Hall–Kier alpha value is -1.71. The van der Waals surface area contributed by atoms with Crippen LogP contribution in [0.4, 0.5) is 0 Å². The summed E-state index contributed by atoms with van der Waals surface area (Å²) in [7, 11) is 0. The van der Waals surface area contributed by atoms with E-state index in [4.69, 9.17) is 0 Å². The molecule has 84 valence electrons. The Labute approximate surface area is 95.3 Å². The smallest absolute Gasteiger partial charge is 0.155 e. The maximum atomic E-state index is 4.07. The highest BCUT2D eigenvalue weighted by molar-refractivity contribution is 5.18. The number of hydrogen-bond acceptors (Lipinski definition) is 3. The minimum atomic E-state index is 0.554. The van der Waals surface area contributed by atoms with Crippen LogP contribution in [0.25, 0.3) is 0 Å². The fourth-order valence-corrected chi connectivity index (χ4v) is 1.62. The van der Waals surface area contributed by atoms with E-state index in [1.807, 2.05) is 22.9 Å². The first-order chi connectivity index (χ1) is 7.75. The lowest BCUT2D eigenvalue weighted by Gasteiger charge is -2.06. The van der Waals surface area contributed by atoms with Crippen LogP contribution in [0.2, 0.25) is 0 Å². The third kappa shape index (κ3) is 2.66. The number of rotatable bonds is 4. The van der Waals surface area contributed by atoms with Crippen LogP contribution in [0.15, 0.2) is 30.3 Å². The Morgan fingerprint density at radius 3 is 2.62 bits per heavy atom. The lowest BCUT2D eigenvalue weighted by Crippen LogP contribution is -2.10. The zero-order chi connectivity index (χ0) is 11.4. The van der Waals surface area contributed by atoms with Crippen LogP contribution in [0.1, 0.15) is 25.2 Å². The molecular weight excluding hydrogens is 200 g/mol. The van der Waals surface area contributed by atoms with Crippen molar-refractivity contribution in [1.29, 1.82) is 0 Å². The molecule has 0 aliphatic carbocycles. The van der Waals surface area contributed by atoms with Gasteiger partial charge in [0, 0.05) is 13.0 Å². The number of hydrogen-bond donors (Lipinski definition) is 0. The molecule has 1 aromatic carbocycles. The second kappa shape index (κ2) is 4.88. The lowest BCUT2D eigenvalue weighted by molar-refractivity contribution is 0.460. The van der Waals surface area contributed by atoms with Crippen LogP contribution >= 0.6 is 0 Å². The topological polar surface area (TPSA) is 43.6 Å². The molecule has 0 atom stereocenters. The van der Waals surface area contributed by atoms with Gasteiger partial charge in [-0.15, -0.1) is 5.10 Å². The van der Waals surface area contributed by atoms with Gasteiger partial charge in [0.1, 0.15) is 0 Å². The minimum Gasteiger partial charge on any atom is -0.229 e. The van der Waals surface area contributed by atoms with Crippen molar-refractivity contribution in [2.75, 3.05) is 0 Å². The molecule has 0 spiro atoms. The van der Waals surface area contributed by atoms with E-state index < -0.39 is 0 Å². The molecule has 0 aliphatic rings. The van der Waals surface area contributed by atoms with Gasteiger partial charge in [0.2, 0.25) is 0 Å². The molecule has 2 rings (SSSR count). The zero-order valence-electron chi connectivity index (χ0n) is 9.67. The van der Waals surface area contributed by atoms with E-state index in [0.717, 1.165) is 18.8 Å². The van der Waals surface area contributed by atoms with Gasteiger partial charge >= 0.3 is 0 Å². The van der Waals surface area contributed by atoms with Crippen LogP contribution in [0.3, 0.4) is 0 Å². The monoisotopic (exact) mass is 216 g/mol. The largest absolute Gasteiger partial charge is 0.229 e. The van der Waals surface area contributed by atoms with Crippen LogP contribution in [-0.2, 0) is 13.0 Å². The van der Waals surface area contributed by atoms with Gasteiger partial charge in [0.15, 0.2) is 5.82 Å². The predicted molar refractivity (Wildman–Crippen MR) is 61.9 cm³/mol. The first kappa shape index (κ1) is 10.8. The average molecular weight is 216 g/mol. The van der Waals surface area contributed by atoms with Crippen molar-refractivity contribution in [2.24, 2.45) is 5.92 Å². The van der Waals surface area contributed by atoms with Crippen LogP contribution in [0.5, 0.6) is 0 Å². The first-order valence-corrected chi connectivity index (χ1v) is 5.54. The first-order valence-electron chi connectivity index (χ1n) is 5.54. The van der Waals surface area contributed by atoms with Crippen LogP contribution < -0.4 is 0 Å². The van der Waals surface area contributed by atoms with Crippen molar-refractivity contribution in [2.45, 2.75) is 26.8 Å². The Bertz CT molecular complexity index is 433. The Morgan fingerprint density at radius 2 is 1.94 bits per heavy atom. The molecule has 16 heavy (non-hydrogen) atoms. The molecule has 0 aliphatic heterocycles. The molecule has 1 heterocycles. The Morgan fingerprint density at radius 1 is 1.19 bits per heavy atom. The SMILES string of the molecule is CC(C)Cn1nnnc1Cc1ccccc1. The number of nitrogens with zero attached hydrogens (tertiary/aromatic N) is 4. The zero-order valence-corrected chi connectivity index (χ0v) is 9.67. The minimum absolute atomic E-state index is 0.554. The molecule has 0 saturated carbocycles. The third-order valence-electron chi connectivity index (χ3n) is 2.35. The van der Waals surface area contributed by atoms with E-state index in [9.17, 15) is 0 Å². The van der Waals surface area contributed by atoms with E-state index >= 15 is 0 Å². The van der Waals surface area contributed by atoms with E-state index in [2.05, 4.69) is 41.5 Å². The van der Waals surface area contributed by atoms with Gasteiger partial charge in [-0.1, -0.05) is 44.2 Å². The normalized spacial score (nSPS) is 10.9. The van der Waals surface area contributed by atoms with Gasteiger partial charge in [-0.25, -0.2) is 4.68 Å². The van der Waals surface area contributed by atoms with Gasteiger partial charge in [0.25, 0.3) is 0 Å². The standard InChI is InChI=1S/C12H16N4/c1-10(2)9-16-12(13-14-15-16)8-11-6-4-3-5-7-11/h3-7,10H,8-9H2,1-2H3. The van der Waals surface area contributed by atoms with E-state index in [1.165, 1.54) is 5.56 Å². The highest BCUT2D eigenvalue weighted by atomic mass is 15.5. The van der Waals surface area contributed by atoms with Crippen molar-refractivity contribution >= 4 is 0 Å². The van der Waals surface area contributed by atoms with Gasteiger partial charge < -0.3 is 0 Å². The highest BCUT2D eigenvalue weighted by Crippen LogP contribution is 2.07. The summed E-state index contributed by atoms with van der Waals surface area (Å²) >= 11 is 0. The van der Waals surface area contributed by atoms with E-state index in [1.54, 1.807) is 0 Å². The Kier molecular flexibility index (Phi) is 3.29. The summed E-state index contributed by atoms with van der Waals surface area (Å²) < 4.78 is 1.89. The van der Waals surface area contributed by atoms with Crippen molar-refractivity contribution < 1.29 is 0 Å². The summed E-state index contributed by atoms with van der Waals surface area (Å²) in [5.41, 5.74) is 1.24. The van der Waals surface area contributed by atoms with Gasteiger partial charge in [-0.2, -0.15) is 0 Å². The molecule has 0 bridgehead atoms. The van der Waals surface area contributed by atoms with Crippen molar-refractivity contribution in [1.82, 2.24) is 20.2 Å². The number of aromatic nitrogens is 4. The maximum absolute atomic E-state index is 4.07. The molecule has 0 amide bonds. The van der Waals surface area contributed by atoms with Crippen molar-refractivity contribution in [3.8, 4) is 0 Å². The fourth-order valence-electron chi connectivity index (χ4n) is 1.62. The average Bonchev–Trinajstić information content (AvgIpc) is 2.66. The summed E-state index contributed by atoms with van der Waals surface area (Å²) in [4.78, 5) is 0. The van der Waals surface area contributed by atoms with Gasteiger partial charge in [0.05, 0.1) is 0 Å². The molecule has 0 radical (unpaired) electrons. The molecule has 0 N–H and O–H groups in total. The molecule has 0 fully saturated rings. The number of benzene rings is 1. The second-order valence-electron chi connectivity index (χ2n) is 4.33. The second-order valence-corrected chi connectivity index (χ2v) is 4.33. The molecule has 0 saturated heterocycles. The molecule has 2 aromatic rings. The Balaban J connectivity index is 2.13. The maximum Gasteiger partial charge on any atom is 0.155 e. The van der Waals surface area contributed by atoms with E-state index in [0.29, 0.717) is 5.92 Å². The van der Waals surface area contributed by atoms with Crippen LogP contribution in [-0.4, -0.2) is 20.2 Å². The van der Waals surface area contributed by atoms with Crippen LogP contribution in [0, 0.1) is 5.92 Å². The molecule has 4 nitrogen and oxygen atoms in total. The van der Waals surface area contributed by atoms with Crippen molar-refractivity contribution in [3.63, 3.8) is 0 Å². The quantitative estimate of drug-likeness (QED) is 0.784. The lowest BCUT2D eigenvalue weighted by atomic mass is 10.1. The molecule has 1 aromatic heterocycles.